The van der Waals surface area contributed by atoms with E-state index in [1.54, 1.807) is 0 Å². The molecule has 0 aromatic heterocycles. The van der Waals surface area contributed by atoms with Gasteiger partial charge in [0.1, 0.15) is 5.75 Å². The van der Waals surface area contributed by atoms with Crippen LogP contribution in [-0.2, 0) is 4.79 Å². The van der Waals surface area contributed by atoms with Crippen molar-refractivity contribution in [3.63, 3.8) is 0 Å². The van der Waals surface area contributed by atoms with Gasteiger partial charge in [-0.05, 0) is 36.1 Å². The first-order valence-corrected chi connectivity index (χ1v) is 7.76. The van der Waals surface area contributed by atoms with E-state index in [4.69, 9.17) is 9.84 Å². The van der Waals surface area contributed by atoms with Crippen LogP contribution in [0.2, 0.25) is 0 Å². The van der Waals surface area contributed by atoms with Crippen molar-refractivity contribution in [2.75, 3.05) is 6.61 Å². The van der Waals surface area contributed by atoms with Crippen molar-refractivity contribution < 1.29 is 14.6 Å². The molecule has 0 aliphatic rings. The average Bonchev–Trinajstić information content (AvgIpc) is 2.55. The van der Waals surface area contributed by atoms with Crippen LogP contribution in [0.15, 0.2) is 54.6 Å². The normalized spacial score (nSPS) is 10.4. The van der Waals surface area contributed by atoms with Gasteiger partial charge in [-0.2, -0.15) is 0 Å². The Hall–Kier alpha value is -2.29. The minimum atomic E-state index is -0.714. The maximum Gasteiger partial charge on any atom is 0.303 e. The zero-order valence-corrected chi connectivity index (χ0v) is 12.7. The van der Waals surface area contributed by atoms with Gasteiger partial charge in [-0.25, -0.2) is 0 Å². The van der Waals surface area contributed by atoms with Gasteiger partial charge in [0.15, 0.2) is 0 Å². The second kappa shape index (κ2) is 8.88. The van der Waals surface area contributed by atoms with Crippen molar-refractivity contribution >= 4 is 5.97 Å². The fourth-order valence-electron chi connectivity index (χ4n) is 2.32. The smallest absolute Gasteiger partial charge is 0.303 e. The number of aliphatic carboxylic acids is 1. The molecular weight excluding hydrogens is 276 g/mol. The Kier molecular flexibility index (Phi) is 6.49. The van der Waals surface area contributed by atoms with Crippen molar-refractivity contribution in [1.29, 1.82) is 0 Å². The van der Waals surface area contributed by atoms with Crippen LogP contribution in [0.25, 0.3) is 11.1 Å². The van der Waals surface area contributed by atoms with Crippen LogP contribution in [-0.4, -0.2) is 17.7 Å². The zero-order chi connectivity index (χ0) is 15.6. The van der Waals surface area contributed by atoms with Gasteiger partial charge in [-0.3, -0.25) is 4.79 Å². The Labute approximate surface area is 131 Å². The Morgan fingerprint density at radius 3 is 2.36 bits per heavy atom. The van der Waals surface area contributed by atoms with Gasteiger partial charge >= 0.3 is 5.97 Å². The molecule has 0 saturated heterocycles. The second-order valence-electron chi connectivity index (χ2n) is 5.30. The largest absolute Gasteiger partial charge is 0.494 e. The van der Waals surface area contributed by atoms with Gasteiger partial charge in [0.05, 0.1) is 6.61 Å². The summed E-state index contributed by atoms with van der Waals surface area (Å²) in [6.07, 6.45) is 3.92. The van der Waals surface area contributed by atoms with Crippen LogP contribution < -0.4 is 4.74 Å². The lowest BCUT2D eigenvalue weighted by atomic mass is 10.1. The number of rotatable bonds is 9. The highest BCUT2D eigenvalue weighted by Crippen LogP contribution is 2.23. The maximum atomic E-state index is 10.4. The number of carbonyl (C=O) groups is 1. The number of hydrogen-bond acceptors (Lipinski definition) is 2. The molecule has 0 aliphatic carbocycles. The molecule has 0 amide bonds. The van der Waals surface area contributed by atoms with Crippen LogP contribution in [0, 0.1) is 0 Å². The van der Waals surface area contributed by atoms with E-state index in [1.165, 1.54) is 5.56 Å². The number of ether oxygens (including phenoxy) is 1. The molecule has 2 aromatic rings. The lowest BCUT2D eigenvalue weighted by Gasteiger charge is -2.08. The maximum absolute atomic E-state index is 10.4. The first kappa shape index (κ1) is 16.1. The Morgan fingerprint density at radius 1 is 0.864 bits per heavy atom. The second-order valence-corrected chi connectivity index (χ2v) is 5.30. The van der Waals surface area contributed by atoms with Crippen LogP contribution in [0.4, 0.5) is 0 Å². The lowest BCUT2D eigenvalue weighted by molar-refractivity contribution is -0.137. The minimum absolute atomic E-state index is 0.264. The van der Waals surface area contributed by atoms with Crippen molar-refractivity contribution in [3.8, 4) is 16.9 Å². The van der Waals surface area contributed by atoms with Crippen LogP contribution >= 0.6 is 0 Å². The SMILES string of the molecule is O=C(O)CCCCCCOc1cccc(-c2ccccc2)c1. The molecule has 1 N–H and O–H groups in total. The number of carboxylic acids is 1. The summed E-state index contributed by atoms with van der Waals surface area (Å²) in [4.78, 5) is 10.4. The molecule has 116 valence electrons. The third-order valence-electron chi connectivity index (χ3n) is 3.49. The van der Waals surface area contributed by atoms with E-state index in [0.29, 0.717) is 6.61 Å². The van der Waals surface area contributed by atoms with E-state index in [9.17, 15) is 4.79 Å². The molecule has 0 saturated carbocycles. The van der Waals surface area contributed by atoms with E-state index in [1.807, 2.05) is 30.3 Å². The first-order chi connectivity index (χ1) is 10.8. The summed E-state index contributed by atoms with van der Waals surface area (Å²) in [6, 6.07) is 18.3. The fourth-order valence-corrected chi connectivity index (χ4v) is 2.32. The summed E-state index contributed by atoms with van der Waals surface area (Å²) in [5.41, 5.74) is 2.33. The highest BCUT2D eigenvalue weighted by Gasteiger charge is 2.00. The van der Waals surface area contributed by atoms with Crippen LogP contribution in [0.1, 0.15) is 32.1 Å². The predicted molar refractivity (Wildman–Crippen MR) is 88.1 cm³/mol. The summed E-state index contributed by atoms with van der Waals surface area (Å²) in [6.45, 7) is 0.672. The van der Waals surface area contributed by atoms with Gasteiger partial charge in [0.25, 0.3) is 0 Å². The van der Waals surface area contributed by atoms with E-state index in [0.717, 1.165) is 37.0 Å². The Balaban J connectivity index is 1.74. The number of carboxylic acid groups (broad SMARTS) is 1. The van der Waals surface area contributed by atoms with Crippen molar-refractivity contribution in [2.24, 2.45) is 0 Å². The molecule has 0 heterocycles. The molecule has 0 bridgehead atoms. The predicted octanol–water partition coefficient (Wildman–Crippen LogP) is 4.77. The Bertz CT molecular complexity index is 578. The summed E-state index contributed by atoms with van der Waals surface area (Å²) in [5, 5.41) is 8.56. The van der Waals surface area contributed by atoms with E-state index < -0.39 is 5.97 Å². The van der Waals surface area contributed by atoms with Crippen molar-refractivity contribution in [2.45, 2.75) is 32.1 Å². The average molecular weight is 298 g/mol. The molecule has 0 radical (unpaired) electrons. The quantitative estimate of drug-likeness (QED) is 0.678. The number of unbranched alkanes of at least 4 members (excludes halogenated alkanes) is 3. The van der Waals surface area contributed by atoms with Gasteiger partial charge in [0, 0.05) is 6.42 Å². The molecule has 0 fully saturated rings. The molecule has 2 aromatic carbocycles. The minimum Gasteiger partial charge on any atom is -0.494 e. The molecule has 3 heteroatoms. The molecule has 2 rings (SSSR count). The summed E-state index contributed by atoms with van der Waals surface area (Å²) < 4.78 is 5.78. The van der Waals surface area contributed by atoms with Gasteiger partial charge in [-0.15, -0.1) is 0 Å². The first-order valence-electron chi connectivity index (χ1n) is 7.76. The Morgan fingerprint density at radius 2 is 1.59 bits per heavy atom. The fraction of sp³-hybridized carbons (Fsp3) is 0.316. The van der Waals surface area contributed by atoms with Crippen LogP contribution in [0.3, 0.4) is 0 Å². The number of hydrogen-bond donors (Lipinski definition) is 1. The standard InChI is InChI=1S/C19H22O3/c20-19(21)13-6-1-2-7-14-22-18-12-8-11-17(15-18)16-9-4-3-5-10-16/h3-5,8-12,15H,1-2,6-7,13-14H2,(H,20,21). The van der Waals surface area contributed by atoms with Crippen LogP contribution in [0.5, 0.6) is 5.75 Å². The molecule has 22 heavy (non-hydrogen) atoms. The summed E-state index contributed by atoms with van der Waals surface area (Å²) in [7, 11) is 0. The van der Waals surface area contributed by atoms with Gasteiger partial charge in [-0.1, -0.05) is 55.3 Å². The summed E-state index contributed by atoms with van der Waals surface area (Å²) >= 11 is 0. The molecular formula is C19H22O3. The highest BCUT2D eigenvalue weighted by molar-refractivity contribution is 5.66. The van der Waals surface area contributed by atoms with Crippen molar-refractivity contribution in [1.82, 2.24) is 0 Å². The molecule has 0 unspecified atom stereocenters. The van der Waals surface area contributed by atoms with E-state index >= 15 is 0 Å². The lowest BCUT2D eigenvalue weighted by Crippen LogP contribution is -1.98. The zero-order valence-electron chi connectivity index (χ0n) is 12.7. The van der Waals surface area contributed by atoms with E-state index in [-0.39, 0.29) is 6.42 Å². The number of benzene rings is 2. The summed E-state index contributed by atoms with van der Waals surface area (Å²) in [5.74, 6) is 0.167. The third kappa shape index (κ3) is 5.60. The topological polar surface area (TPSA) is 46.5 Å². The third-order valence-corrected chi connectivity index (χ3v) is 3.49. The van der Waals surface area contributed by atoms with Gasteiger partial charge < -0.3 is 9.84 Å². The van der Waals surface area contributed by atoms with E-state index in [2.05, 4.69) is 24.3 Å². The molecule has 0 aliphatic heterocycles. The molecule has 3 nitrogen and oxygen atoms in total. The highest BCUT2D eigenvalue weighted by atomic mass is 16.5. The molecule has 0 atom stereocenters. The molecule has 0 spiro atoms. The monoisotopic (exact) mass is 298 g/mol. The van der Waals surface area contributed by atoms with Crippen molar-refractivity contribution in [3.05, 3.63) is 54.6 Å². The van der Waals surface area contributed by atoms with Gasteiger partial charge in [0.2, 0.25) is 0 Å².